The lowest BCUT2D eigenvalue weighted by Gasteiger charge is -2.44. The molecule has 1 aromatic rings. The quantitative estimate of drug-likeness (QED) is 0.804. The maximum atomic E-state index is 12.3. The van der Waals surface area contributed by atoms with Crippen LogP contribution < -0.4 is 14.8 Å². The van der Waals surface area contributed by atoms with Gasteiger partial charge in [0.2, 0.25) is 12.7 Å². The van der Waals surface area contributed by atoms with Gasteiger partial charge in [0.15, 0.2) is 11.5 Å². The number of rotatable bonds is 7. The highest BCUT2D eigenvalue weighted by atomic mass is 16.7. The summed E-state index contributed by atoms with van der Waals surface area (Å²) in [6, 6.07) is 5.87. The van der Waals surface area contributed by atoms with Crippen LogP contribution in [0.3, 0.4) is 0 Å². The van der Waals surface area contributed by atoms with Gasteiger partial charge in [-0.1, -0.05) is 13.0 Å². The van der Waals surface area contributed by atoms with Crippen molar-refractivity contribution in [3.63, 3.8) is 0 Å². The molecule has 0 aromatic heterocycles. The minimum Gasteiger partial charge on any atom is -0.454 e. The Morgan fingerprint density at radius 1 is 1.15 bits per heavy atom. The van der Waals surface area contributed by atoms with Crippen LogP contribution in [0.2, 0.25) is 0 Å². The Labute approximate surface area is 156 Å². The van der Waals surface area contributed by atoms with Crippen LogP contribution in [0.15, 0.2) is 18.2 Å². The van der Waals surface area contributed by atoms with E-state index in [4.69, 9.17) is 9.47 Å². The van der Waals surface area contributed by atoms with E-state index >= 15 is 0 Å². The highest BCUT2D eigenvalue weighted by molar-refractivity contribution is 5.76. The zero-order valence-electron chi connectivity index (χ0n) is 16.2. The van der Waals surface area contributed by atoms with Gasteiger partial charge in [-0.25, -0.2) is 0 Å². The number of likely N-dealkylation sites (N-methyl/N-ethyl adjacent to an activating group) is 1. The molecule has 2 heterocycles. The van der Waals surface area contributed by atoms with Crippen molar-refractivity contribution in [1.82, 2.24) is 15.1 Å². The molecule has 1 aromatic carbocycles. The molecule has 0 unspecified atom stereocenters. The molecule has 0 radical (unpaired) electrons. The standard InChI is InChI=1S/C20H31N3O3/c1-4-22-9-11-23(12-10-22)20(2,3)14-21-19(24)8-6-16-5-7-17-18(13-16)26-15-25-17/h5,7,13H,4,6,8-12,14-15H2,1-3H3,(H,21,24). The first-order valence-corrected chi connectivity index (χ1v) is 9.60. The number of ether oxygens (including phenoxy) is 2. The molecule has 26 heavy (non-hydrogen) atoms. The van der Waals surface area contributed by atoms with Crippen molar-refractivity contribution >= 4 is 5.91 Å². The number of carbonyl (C=O) groups excluding carboxylic acids is 1. The van der Waals surface area contributed by atoms with Crippen LogP contribution in [0, 0.1) is 0 Å². The Bertz CT molecular complexity index is 625. The minimum atomic E-state index is -0.0196. The average molecular weight is 361 g/mol. The molecule has 1 saturated heterocycles. The second-order valence-electron chi connectivity index (χ2n) is 7.70. The van der Waals surface area contributed by atoms with Gasteiger partial charge < -0.3 is 19.7 Å². The number of benzene rings is 1. The topological polar surface area (TPSA) is 54.0 Å². The fraction of sp³-hybridized carbons (Fsp3) is 0.650. The molecule has 6 heteroatoms. The van der Waals surface area contributed by atoms with Crippen LogP contribution >= 0.6 is 0 Å². The summed E-state index contributed by atoms with van der Waals surface area (Å²) in [6.07, 6.45) is 1.19. The van der Waals surface area contributed by atoms with E-state index in [1.54, 1.807) is 0 Å². The van der Waals surface area contributed by atoms with E-state index in [1.165, 1.54) is 0 Å². The number of aryl methyl sites for hydroxylation is 1. The van der Waals surface area contributed by atoms with E-state index in [1.807, 2.05) is 18.2 Å². The first kappa shape index (κ1) is 19.0. The third-order valence-corrected chi connectivity index (χ3v) is 5.47. The zero-order chi connectivity index (χ0) is 18.6. The van der Waals surface area contributed by atoms with Crippen LogP contribution in [-0.2, 0) is 11.2 Å². The Morgan fingerprint density at radius 3 is 2.62 bits per heavy atom. The van der Waals surface area contributed by atoms with E-state index in [9.17, 15) is 4.79 Å². The van der Waals surface area contributed by atoms with Gasteiger partial charge in [0.1, 0.15) is 0 Å². The predicted molar refractivity (Wildman–Crippen MR) is 102 cm³/mol. The molecule has 0 aliphatic carbocycles. The maximum Gasteiger partial charge on any atom is 0.231 e. The molecule has 2 aliphatic rings. The van der Waals surface area contributed by atoms with Gasteiger partial charge in [-0.2, -0.15) is 0 Å². The number of piperazine rings is 1. The van der Waals surface area contributed by atoms with E-state index in [0.29, 0.717) is 19.4 Å². The highest BCUT2D eigenvalue weighted by Crippen LogP contribution is 2.32. The number of hydrogen-bond acceptors (Lipinski definition) is 5. The number of amides is 1. The number of nitrogens with one attached hydrogen (secondary N) is 1. The molecule has 0 spiro atoms. The van der Waals surface area contributed by atoms with E-state index in [2.05, 4.69) is 35.9 Å². The van der Waals surface area contributed by atoms with Gasteiger partial charge in [0.25, 0.3) is 0 Å². The smallest absolute Gasteiger partial charge is 0.231 e. The third-order valence-electron chi connectivity index (χ3n) is 5.47. The maximum absolute atomic E-state index is 12.3. The van der Waals surface area contributed by atoms with Crippen molar-refractivity contribution in [2.75, 3.05) is 46.1 Å². The van der Waals surface area contributed by atoms with Crippen molar-refractivity contribution < 1.29 is 14.3 Å². The SMILES string of the molecule is CCN1CCN(C(C)(C)CNC(=O)CCc2ccc3c(c2)OCO3)CC1. The third kappa shape index (κ3) is 4.68. The Hall–Kier alpha value is -1.79. The highest BCUT2D eigenvalue weighted by Gasteiger charge is 2.29. The number of carbonyl (C=O) groups is 1. The Kier molecular flexibility index (Phi) is 6.04. The monoisotopic (exact) mass is 361 g/mol. The molecule has 2 aliphatic heterocycles. The van der Waals surface area contributed by atoms with Crippen molar-refractivity contribution in [3.8, 4) is 11.5 Å². The molecule has 3 rings (SSSR count). The fourth-order valence-electron chi connectivity index (χ4n) is 3.54. The summed E-state index contributed by atoms with van der Waals surface area (Å²) in [5, 5.41) is 3.12. The Balaban J connectivity index is 1.42. The molecule has 0 atom stereocenters. The largest absolute Gasteiger partial charge is 0.454 e. The second kappa shape index (κ2) is 8.27. The summed E-state index contributed by atoms with van der Waals surface area (Å²) in [5.74, 6) is 1.65. The lowest BCUT2D eigenvalue weighted by molar-refractivity contribution is -0.121. The molecule has 6 nitrogen and oxygen atoms in total. The van der Waals surface area contributed by atoms with Gasteiger partial charge in [-0.3, -0.25) is 9.69 Å². The number of hydrogen-bond donors (Lipinski definition) is 1. The number of nitrogens with zero attached hydrogens (tertiary/aromatic N) is 2. The Morgan fingerprint density at radius 2 is 1.88 bits per heavy atom. The summed E-state index contributed by atoms with van der Waals surface area (Å²) in [4.78, 5) is 17.2. The van der Waals surface area contributed by atoms with Crippen LogP contribution in [-0.4, -0.2) is 67.3 Å². The van der Waals surface area contributed by atoms with Crippen LogP contribution in [0.1, 0.15) is 32.8 Å². The van der Waals surface area contributed by atoms with E-state index in [0.717, 1.165) is 49.8 Å². The molecule has 1 amide bonds. The van der Waals surface area contributed by atoms with Crippen molar-refractivity contribution in [2.45, 2.75) is 39.2 Å². The van der Waals surface area contributed by atoms with Crippen molar-refractivity contribution in [2.24, 2.45) is 0 Å². The van der Waals surface area contributed by atoms with E-state index in [-0.39, 0.29) is 18.2 Å². The molecule has 1 N–H and O–H groups in total. The van der Waals surface area contributed by atoms with E-state index < -0.39 is 0 Å². The van der Waals surface area contributed by atoms with Gasteiger partial charge in [-0.15, -0.1) is 0 Å². The zero-order valence-corrected chi connectivity index (χ0v) is 16.2. The van der Waals surface area contributed by atoms with Gasteiger partial charge >= 0.3 is 0 Å². The van der Waals surface area contributed by atoms with Crippen LogP contribution in [0.4, 0.5) is 0 Å². The lowest BCUT2D eigenvalue weighted by Crippen LogP contribution is -2.58. The van der Waals surface area contributed by atoms with Crippen molar-refractivity contribution in [3.05, 3.63) is 23.8 Å². The van der Waals surface area contributed by atoms with Crippen molar-refractivity contribution in [1.29, 1.82) is 0 Å². The summed E-state index contributed by atoms with van der Waals surface area (Å²) in [5.41, 5.74) is 1.08. The molecule has 0 bridgehead atoms. The minimum absolute atomic E-state index is 0.0196. The lowest BCUT2D eigenvalue weighted by atomic mass is 10.0. The average Bonchev–Trinajstić information content (AvgIpc) is 3.12. The van der Waals surface area contributed by atoms with Crippen LogP contribution in [0.25, 0.3) is 0 Å². The summed E-state index contributed by atoms with van der Waals surface area (Å²) in [6.45, 7) is 13.1. The van der Waals surface area contributed by atoms with Gasteiger partial charge in [-0.05, 0) is 44.5 Å². The normalized spacial score (nSPS) is 18.1. The molecule has 1 fully saturated rings. The first-order valence-electron chi connectivity index (χ1n) is 9.60. The predicted octanol–water partition coefficient (Wildman–Crippen LogP) is 1.88. The molecular weight excluding hydrogens is 330 g/mol. The van der Waals surface area contributed by atoms with Crippen LogP contribution in [0.5, 0.6) is 11.5 Å². The number of fused-ring (bicyclic) bond motifs is 1. The fourth-order valence-corrected chi connectivity index (χ4v) is 3.54. The molecule has 144 valence electrons. The van der Waals surface area contributed by atoms with Gasteiger partial charge in [0, 0.05) is 44.7 Å². The summed E-state index contributed by atoms with van der Waals surface area (Å²) in [7, 11) is 0. The second-order valence-corrected chi connectivity index (χ2v) is 7.70. The molecule has 0 saturated carbocycles. The molecular formula is C20H31N3O3. The summed E-state index contributed by atoms with van der Waals surface area (Å²) < 4.78 is 10.7. The summed E-state index contributed by atoms with van der Waals surface area (Å²) >= 11 is 0. The first-order chi connectivity index (χ1) is 12.5. The van der Waals surface area contributed by atoms with Gasteiger partial charge in [0.05, 0.1) is 0 Å².